The van der Waals surface area contributed by atoms with Gasteiger partial charge in [0.15, 0.2) is 11.5 Å². The summed E-state index contributed by atoms with van der Waals surface area (Å²) in [4.78, 5) is 27.1. The first-order valence-corrected chi connectivity index (χ1v) is 11.1. The summed E-state index contributed by atoms with van der Waals surface area (Å²) in [6.45, 7) is 3.96. The van der Waals surface area contributed by atoms with Crippen molar-refractivity contribution in [2.75, 3.05) is 37.5 Å². The van der Waals surface area contributed by atoms with Crippen LogP contribution >= 0.6 is 0 Å². The lowest BCUT2D eigenvalue weighted by Crippen LogP contribution is -2.35. The number of methoxy groups -OCH3 is 2. The average molecular weight is 440 g/mol. The summed E-state index contributed by atoms with van der Waals surface area (Å²) in [5.41, 5.74) is 2.91. The van der Waals surface area contributed by atoms with Gasteiger partial charge < -0.3 is 25.0 Å². The smallest absolute Gasteiger partial charge is 0.226 e. The van der Waals surface area contributed by atoms with E-state index in [-0.39, 0.29) is 24.3 Å². The number of carbonyl (C=O) groups is 2. The van der Waals surface area contributed by atoms with Gasteiger partial charge in [0.2, 0.25) is 11.8 Å². The highest BCUT2D eigenvalue weighted by atomic mass is 16.5. The van der Waals surface area contributed by atoms with Gasteiger partial charge >= 0.3 is 0 Å². The molecule has 1 heterocycles. The van der Waals surface area contributed by atoms with Gasteiger partial charge in [0.25, 0.3) is 0 Å². The summed E-state index contributed by atoms with van der Waals surface area (Å²) in [5, 5.41) is 5.86. The maximum Gasteiger partial charge on any atom is 0.226 e. The third-order valence-corrected chi connectivity index (χ3v) is 5.59. The van der Waals surface area contributed by atoms with Gasteiger partial charge in [0.05, 0.1) is 14.2 Å². The van der Waals surface area contributed by atoms with Crippen molar-refractivity contribution in [3.63, 3.8) is 0 Å². The minimum atomic E-state index is -0.255. The molecule has 7 nitrogen and oxygen atoms in total. The normalized spacial score (nSPS) is 14.0. The summed E-state index contributed by atoms with van der Waals surface area (Å²) in [6, 6.07) is 13.3. The van der Waals surface area contributed by atoms with E-state index in [1.165, 1.54) is 12.8 Å². The molecule has 1 unspecified atom stereocenters. The van der Waals surface area contributed by atoms with Gasteiger partial charge in [-0.2, -0.15) is 0 Å². The molecule has 0 saturated carbocycles. The number of amides is 2. The van der Waals surface area contributed by atoms with E-state index in [0.717, 1.165) is 30.0 Å². The lowest BCUT2D eigenvalue weighted by atomic mass is 10.1. The van der Waals surface area contributed by atoms with Gasteiger partial charge in [-0.15, -0.1) is 0 Å². The van der Waals surface area contributed by atoms with E-state index in [9.17, 15) is 9.59 Å². The Morgan fingerprint density at radius 3 is 2.47 bits per heavy atom. The molecule has 7 heteroatoms. The lowest BCUT2D eigenvalue weighted by Gasteiger charge is -2.19. The van der Waals surface area contributed by atoms with Gasteiger partial charge in [-0.1, -0.05) is 12.1 Å². The summed E-state index contributed by atoms with van der Waals surface area (Å²) >= 11 is 0. The number of benzene rings is 2. The number of ether oxygens (including phenoxy) is 2. The zero-order valence-corrected chi connectivity index (χ0v) is 19.1. The number of carbonyl (C=O) groups excluding carboxylic acids is 2. The van der Waals surface area contributed by atoms with Crippen molar-refractivity contribution in [2.45, 2.75) is 45.1 Å². The van der Waals surface area contributed by atoms with Crippen LogP contribution < -0.4 is 25.0 Å². The van der Waals surface area contributed by atoms with E-state index in [0.29, 0.717) is 24.3 Å². The first kappa shape index (κ1) is 23.4. The van der Waals surface area contributed by atoms with Crippen molar-refractivity contribution < 1.29 is 19.1 Å². The molecule has 2 aromatic rings. The Bertz CT molecular complexity index is 925. The molecule has 2 amide bonds. The Morgan fingerprint density at radius 2 is 1.75 bits per heavy atom. The van der Waals surface area contributed by atoms with Crippen molar-refractivity contribution in [3.8, 4) is 11.5 Å². The SMILES string of the molecule is COc1ccc(CCC(=O)NC(C)CC(=O)Nc2cccc(N3CCCC3)c2)cc1OC. The highest BCUT2D eigenvalue weighted by molar-refractivity contribution is 5.92. The van der Waals surface area contributed by atoms with Crippen LogP contribution in [0.2, 0.25) is 0 Å². The molecule has 1 saturated heterocycles. The van der Waals surface area contributed by atoms with Crippen molar-refractivity contribution in [3.05, 3.63) is 48.0 Å². The van der Waals surface area contributed by atoms with Crippen LogP contribution in [0.3, 0.4) is 0 Å². The molecule has 1 aliphatic rings. The highest BCUT2D eigenvalue weighted by Crippen LogP contribution is 2.28. The minimum Gasteiger partial charge on any atom is -0.493 e. The Kier molecular flexibility index (Phi) is 8.36. The van der Waals surface area contributed by atoms with Crippen molar-refractivity contribution in [1.82, 2.24) is 5.32 Å². The molecule has 2 N–H and O–H groups in total. The topological polar surface area (TPSA) is 79.9 Å². The van der Waals surface area contributed by atoms with Crippen LogP contribution in [-0.4, -0.2) is 45.2 Å². The van der Waals surface area contributed by atoms with Crippen molar-refractivity contribution in [1.29, 1.82) is 0 Å². The quantitative estimate of drug-likeness (QED) is 0.589. The zero-order valence-electron chi connectivity index (χ0n) is 19.1. The van der Waals surface area contributed by atoms with E-state index < -0.39 is 0 Å². The number of aryl methyl sites for hydroxylation is 1. The summed E-state index contributed by atoms with van der Waals surface area (Å²) in [6.07, 6.45) is 3.55. The lowest BCUT2D eigenvalue weighted by molar-refractivity contribution is -0.122. The summed E-state index contributed by atoms with van der Waals surface area (Å²) in [7, 11) is 3.18. The third-order valence-electron chi connectivity index (χ3n) is 5.59. The van der Waals surface area contributed by atoms with E-state index >= 15 is 0 Å². The fourth-order valence-electron chi connectivity index (χ4n) is 3.94. The van der Waals surface area contributed by atoms with Crippen molar-refractivity contribution >= 4 is 23.2 Å². The fraction of sp³-hybridized carbons (Fsp3) is 0.440. The molecule has 1 fully saturated rings. The molecule has 0 aliphatic carbocycles. The maximum atomic E-state index is 12.4. The Balaban J connectivity index is 1.43. The predicted molar refractivity (Wildman–Crippen MR) is 127 cm³/mol. The Hall–Kier alpha value is -3.22. The summed E-state index contributed by atoms with van der Waals surface area (Å²) in [5.74, 6) is 1.10. The monoisotopic (exact) mass is 439 g/mol. The van der Waals surface area contributed by atoms with Crippen LogP contribution in [0.4, 0.5) is 11.4 Å². The number of rotatable bonds is 10. The van der Waals surface area contributed by atoms with E-state index in [1.54, 1.807) is 14.2 Å². The molecule has 0 aromatic heterocycles. The van der Waals surface area contributed by atoms with Gasteiger partial charge in [-0.05, 0) is 62.1 Å². The molecular weight excluding hydrogens is 406 g/mol. The third kappa shape index (κ3) is 6.64. The maximum absolute atomic E-state index is 12.4. The van der Waals surface area contributed by atoms with Crippen LogP contribution in [0, 0.1) is 0 Å². The second kappa shape index (κ2) is 11.4. The van der Waals surface area contributed by atoms with Gasteiger partial charge in [0.1, 0.15) is 0 Å². The van der Waals surface area contributed by atoms with Crippen LogP contribution in [0.5, 0.6) is 11.5 Å². The summed E-state index contributed by atoms with van der Waals surface area (Å²) < 4.78 is 10.5. The van der Waals surface area contributed by atoms with Crippen LogP contribution in [0.15, 0.2) is 42.5 Å². The van der Waals surface area contributed by atoms with Crippen LogP contribution in [0.25, 0.3) is 0 Å². The predicted octanol–water partition coefficient (Wildman–Crippen LogP) is 3.77. The molecule has 1 aliphatic heterocycles. The molecular formula is C25H33N3O4. The largest absolute Gasteiger partial charge is 0.493 e. The Morgan fingerprint density at radius 1 is 1.00 bits per heavy atom. The standard InChI is InChI=1S/C25H33N3O4/c1-18(26-24(29)12-10-19-9-11-22(31-2)23(16-19)32-3)15-25(30)27-20-7-6-8-21(17-20)28-13-4-5-14-28/h6-9,11,16-18H,4-5,10,12-15H2,1-3H3,(H,26,29)(H,27,30). The molecule has 2 aromatic carbocycles. The van der Waals surface area contributed by atoms with Gasteiger partial charge in [-0.25, -0.2) is 0 Å². The second-order valence-electron chi connectivity index (χ2n) is 8.15. The molecule has 0 bridgehead atoms. The zero-order chi connectivity index (χ0) is 22.9. The molecule has 172 valence electrons. The fourth-order valence-corrected chi connectivity index (χ4v) is 3.94. The van der Waals surface area contributed by atoms with Crippen LogP contribution in [0.1, 0.15) is 38.2 Å². The number of hydrogen-bond donors (Lipinski definition) is 2. The number of hydrogen-bond acceptors (Lipinski definition) is 5. The van der Waals surface area contributed by atoms with Gasteiger partial charge in [-0.3, -0.25) is 9.59 Å². The first-order valence-electron chi connectivity index (χ1n) is 11.1. The van der Waals surface area contributed by atoms with Crippen molar-refractivity contribution in [2.24, 2.45) is 0 Å². The molecule has 32 heavy (non-hydrogen) atoms. The van der Waals surface area contributed by atoms with E-state index in [1.807, 2.05) is 43.3 Å². The highest BCUT2D eigenvalue weighted by Gasteiger charge is 2.15. The van der Waals surface area contributed by atoms with E-state index in [2.05, 4.69) is 21.6 Å². The number of anilines is 2. The van der Waals surface area contributed by atoms with Crippen LogP contribution in [-0.2, 0) is 16.0 Å². The van der Waals surface area contributed by atoms with Gasteiger partial charge in [0, 0.05) is 43.3 Å². The molecule has 1 atom stereocenters. The molecule has 0 spiro atoms. The van der Waals surface area contributed by atoms with E-state index in [4.69, 9.17) is 9.47 Å². The number of nitrogens with one attached hydrogen (secondary N) is 2. The number of nitrogens with zero attached hydrogens (tertiary/aromatic N) is 1. The average Bonchev–Trinajstić information content (AvgIpc) is 3.32. The second-order valence-corrected chi connectivity index (χ2v) is 8.15. The Labute approximate surface area is 190 Å². The first-order chi connectivity index (χ1) is 15.5. The minimum absolute atomic E-state index is 0.0869. The molecule has 3 rings (SSSR count). The molecule has 0 radical (unpaired) electrons.